The Balaban J connectivity index is 1.63. The monoisotopic (exact) mass is 337 g/mol. The van der Waals surface area contributed by atoms with Gasteiger partial charge in [0.25, 0.3) is 6.43 Å². The van der Waals surface area contributed by atoms with Crippen molar-refractivity contribution in [1.82, 2.24) is 24.9 Å². The zero-order valence-electron chi connectivity index (χ0n) is 13.8. The van der Waals surface area contributed by atoms with E-state index in [1.807, 2.05) is 20.0 Å². The number of carbonyl (C=O) groups is 1. The van der Waals surface area contributed by atoms with Crippen LogP contribution in [0.1, 0.15) is 54.8 Å². The Kier molecular flexibility index (Phi) is 4.64. The van der Waals surface area contributed by atoms with Crippen molar-refractivity contribution in [1.29, 1.82) is 0 Å². The molecule has 1 aliphatic rings. The molecule has 0 saturated heterocycles. The van der Waals surface area contributed by atoms with Crippen LogP contribution in [0.25, 0.3) is 0 Å². The van der Waals surface area contributed by atoms with Crippen LogP contribution in [0, 0.1) is 6.92 Å². The fraction of sp³-hybridized carbons (Fsp3) is 0.562. The maximum absolute atomic E-state index is 13.1. The largest absolute Gasteiger partial charge is 0.350 e. The van der Waals surface area contributed by atoms with E-state index in [-0.39, 0.29) is 24.1 Å². The number of alkyl halides is 2. The number of amides is 1. The molecule has 2 heterocycles. The molecular weight excluding hydrogens is 316 g/mol. The highest BCUT2D eigenvalue weighted by atomic mass is 19.3. The third-order valence-corrected chi connectivity index (χ3v) is 4.19. The molecule has 1 amide bonds. The van der Waals surface area contributed by atoms with Crippen LogP contribution in [-0.4, -0.2) is 25.5 Å². The summed E-state index contributed by atoms with van der Waals surface area (Å²) in [5, 5.41) is 11.2. The number of nitrogens with zero attached hydrogens (tertiary/aromatic N) is 4. The number of carbonyl (C=O) groups excluding carboxylic acids is 1. The van der Waals surface area contributed by atoms with Crippen LogP contribution in [-0.2, 0) is 24.4 Å². The van der Waals surface area contributed by atoms with Gasteiger partial charge in [-0.25, -0.2) is 8.78 Å². The Morgan fingerprint density at radius 1 is 1.42 bits per heavy atom. The first-order chi connectivity index (χ1) is 11.5. The Bertz CT molecular complexity index is 733. The highest BCUT2D eigenvalue weighted by Gasteiger charge is 2.29. The second-order valence-electron chi connectivity index (χ2n) is 6.10. The molecule has 1 saturated carbocycles. The fourth-order valence-electron chi connectivity index (χ4n) is 2.61. The van der Waals surface area contributed by atoms with Crippen molar-refractivity contribution < 1.29 is 13.6 Å². The van der Waals surface area contributed by atoms with Gasteiger partial charge in [-0.1, -0.05) is 0 Å². The van der Waals surface area contributed by atoms with Gasteiger partial charge < -0.3 is 5.32 Å². The first-order valence-electron chi connectivity index (χ1n) is 8.13. The molecule has 0 unspecified atom stereocenters. The van der Waals surface area contributed by atoms with Crippen molar-refractivity contribution in [2.45, 2.75) is 58.7 Å². The van der Waals surface area contributed by atoms with Crippen LogP contribution < -0.4 is 5.32 Å². The molecule has 0 aromatic carbocycles. The molecule has 0 spiro atoms. The zero-order valence-corrected chi connectivity index (χ0v) is 13.8. The Hall–Kier alpha value is -2.25. The van der Waals surface area contributed by atoms with Crippen molar-refractivity contribution in [2.75, 3.05) is 0 Å². The molecule has 1 fully saturated rings. The van der Waals surface area contributed by atoms with Crippen molar-refractivity contribution in [2.24, 2.45) is 0 Å². The lowest BCUT2D eigenvalue weighted by Gasteiger charge is -2.07. The normalized spacial score (nSPS) is 14.4. The minimum Gasteiger partial charge on any atom is -0.350 e. The van der Waals surface area contributed by atoms with E-state index in [2.05, 4.69) is 15.5 Å². The highest BCUT2D eigenvalue weighted by molar-refractivity contribution is 5.75. The van der Waals surface area contributed by atoms with Gasteiger partial charge in [-0.05, 0) is 32.8 Å². The van der Waals surface area contributed by atoms with E-state index < -0.39 is 6.43 Å². The fourth-order valence-corrected chi connectivity index (χ4v) is 2.61. The summed E-state index contributed by atoms with van der Waals surface area (Å²) in [6.45, 7) is 4.73. The second-order valence-corrected chi connectivity index (χ2v) is 6.10. The lowest BCUT2D eigenvalue weighted by atomic mass is 10.2. The van der Waals surface area contributed by atoms with Gasteiger partial charge in [0, 0.05) is 30.8 Å². The van der Waals surface area contributed by atoms with Crippen LogP contribution in [0.15, 0.2) is 12.3 Å². The quantitative estimate of drug-likeness (QED) is 0.844. The van der Waals surface area contributed by atoms with E-state index >= 15 is 0 Å². The van der Waals surface area contributed by atoms with Crippen LogP contribution >= 0.6 is 0 Å². The number of aromatic nitrogens is 4. The lowest BCUT2D eigenvalue weighted by Crippen LogP contribution is -2.28. The first kappa shape index (κ1) is 16.6. The summed E-state index contributed by atoms with van der Waals surface area (Å²) in [5.41, 5.74) is 2.24. The number of halogens is 2. The van der Waals surface area contributed by atoms with Gasteiger partial charge >= 0.3 is 0 Å². The van der Waals surface area contributed by atoms with Gasteiger partial charge in [-0.3, -0.25) is 14.2 Å². The Labute approximate surface area is 138 Å². The Morgan fingerprint density at radius 3 is 2.75 bits per heavy atom. The standard InChI is InChI=1S/C16H21F2N5O/c1-3-22-8-12(10(2)20-22)7-19-15(24)9-23-14(16(17)18)6-13(21-23)11-4-5-11/h6,8,11,16H,3-5,7,9H2,1-2H3,(H,19,24). The molecule has 130 valence electrons. The number of rotatable bonds is 7. The molecule has 0 bridgehead atoms. The molecule has 24 heavy (non-hydrogen) atoms. The molecule has 2 aromatic heterocycles. The van der Waals surface area contributed by atoms with Gasteiger partial charge in [0.05, 0.1) is 11.4 Å². The predicted molar refractivity (Wildman–Crippen MR) is 83.6 cm³/mol. The number of aryl methyl sites for hydroxylation is 2. The Morgan fingerprint density at radius 2 is 2.17 bits per heavy atom. The van der Waals surface area contributed by atoms with E-state index in [0.717, 1.165) is 35.3 Å². The topological polar surface area (TPSA) is 64.7 Å². The minimum absolute atomic E-state index is 0.193. The molecule has 1 N–H and O–H groups in total. The van der Waals surface area contributed by atoms with Crippen LogP contribution in [0.5, 0.6) is 0 Å². The SMILES string of the molecule is CCn1cc(CNC(=O)Cn2nc(C3CC3)cc2C(F)F)c(C)n1. The molecule has 0 aliphatic heterocycles. The molecule has 1 aliphatic carbocycles. The molecule has 3 rings (SSSR count). The summed E-state index contributed by atoms with van der Waals surface area (Å²) in [6, 6.07) is 1.42. The molecule has 2 aromatic rings. The summed E-state index contributed by atoms with van der Waals surface area (Å²) >= 11 is 0. The summed E-state index contributed by atoms with van der Waals surface area (Å²) in [7, 11) is 0. The van der Waals surface area contributed by atoms with E-state index in [1.165, 1.54) is 6.07 Å². The van der Waals surface area contributed by atoms with Gasteiger partial charge in [0.1, 0.15) is 12.2 Å². The van der Waals surface area contributed by atoms with Crippen LogP contribution in [0.2, 0.25) is 0 Å². The molecule has 6 nitrogen and oxygen atoms in total. The number of nitrogens with one attached hydrogen (secondary N) is 1. The summed E-state index contributed by atoms with van der Waals surface area (Å²) in [4.78, 5) is 12.1. The van der Waals surface area contributed by atoms with Crippen molar-refractivity contribution in [3.05, 3.63) is 34.9 Å². The van der Waals surface area contributed by atoms with Gasteiger partial charge in [-0.15, -0.1) is 0 Å². The van der Waals surface area contributed by atoms with Gasteiger partial charge in [0.15, 0.2) is 0 Å². The molecule has 0 atom stereocenters. The maximum atomic E-state index is 13.1. The summed E-state index contributed by atoms with van der Waals surface area (Å²) in [6.07, 6.45) is 1.20. The van der Waals surface area contributed by atoms with E-state index in [9.17, 15) is 13.6 Å². The number of hydrogen-bond donors (Lipinski definition) is 1. The van der Waals surface area contributed by atoms with Gasteiger partial charge in [0.2, 0.25) is 5.91 Å². The van der Waals surface area contributed by atoms with Crippen LogP contribution in [0.3, 0.4) is 0 Å². The van der Waals surface area contributed by atoms with Crippen molar-refractivity contribution in [3.63, 3.8) is 0 Å². The van der Waals surface area contributed by atoms with E-state index in [4.69, 9.17) is 0 Å². The molecular formula is C16H21F2N5O. The molecule has 8 heteroatoms. The summed E-state index contributed by atoms with van der Waals surface area (Å²) in [5.74, 6) is -0.0691. The average molecular weight is 337 g/mol. The van der Waals surface area contributed by atoms with Crippen molar-refractivity contribution in [3.8, 4) is 0 Å². The van der Waals surface area contributed by atoms with E-state index in [1.54, 1.807) is 4.68 Å². The minimum atomic E-state index is -2.64. The average Bonchev–Trinajstić information content (AvgIpc) is 3.20. The third kappa shape index (κ3) is 3.63. The lowest BCUT2D eigenvalue weighted by molar-refractivity contribution is -0.122. The van der Waals surface area contributed by atoms with Gasteiger partial charge in [-0.2, -0.15) is 10.2 Å². The number of hydrogen-bond acceptors (Lipinski definition) is 3. The smallest absolute Gasteiger partial charge is 0.280 e. The van der Waals surface area contributed by atoms with Crippen molar-refractivity contribution >= 4 is 5.91 Å². The predicted octanol–water partition coefficient (Wildman–Crippen LogP) is 2.54. The zero-order chi connectivity index (χ0) is 17.3. The maximum Gasteiger partial charge on any atom is 0.280 e. The summed E-state index contributed by atoms with van der Waals surface area (Å²) < 4.78 is 29.1. The second kappa shape index (κ2) is 6.70. The van der Waals surface area contributed by atoms with Crippen LogP contribution in [0.4, 0.5) is 8.78 Å². The van der Waals surface area contributed by atoms with E-state index in [0.29, 0.717) is 12.2 Å². The molecule has 0 radical (unpaired) electrons. The first-order valence-corrected chi connectivity index (χ1v) is 8.13. The highest BCUT2D eigenvalue weighted by Crippen LogP contribution is 2.40. The third-order valence-electron chi connectivity index (χ3n) is 4.19.